The van der Waals surface area contributed by atoms with Crippen molar-refractivity contribution >= 4 is 52.1 Å². The van der Waals surface area contributed by atoms with E-state index in [1.54, 1.807) is 30.9 Å². The van der Waals surface area contributed by atoms with E-state index in [9.17, 15) is 4.79 Å². The largest absolute Gasteiger partial charge is 0.402 e. The maximum absolute atomic E-state index is 13.1. The number of nitrogens with zero attached hydrogens (tertiary/aromatic N) is 2. The van der Waals surface area contributed by atoms with Crippen LogP contribution in [0.25, 0.3) is 0 Å². The molecule has 1 aliphatic heterocycles. The Morgan fingerprint density at radius 2 is 1.67 bits per heavy atom. The summed E-state index contributed by atoms with van der Waals surface area (Å²) < 4.78 is 0. The van der Waals surface area contributed by atoms with Crippen LogP contribution in [0.1, 0.15) is 25.5 Å². The number of halogens is 3. The number of amides is 1. The molecule has 0 saturated carbocycles. The van der Waals surface area contributed by atoms with E-state index in [2.05, 4.69) is 4.90 Å². The molecule has 158 valence electrons. The summed E-state index contributed by atoms with van der Waals surface area (Å²) in [6.45, 7) is 4.68. The Labute approximate surface area is 191 Å². The van der Waals surface area contributed by atoms with E-state index in [1.807, 2.05) is 30.3 Å². The third-order valence-electron chi connectivity index (χ3n) is 5.12. The summed E-state index contributed by atoms with van der Waals surface area (Å²) in [5.41, 5.74) is 8.51. The molecule has 0 aliphatic carbocycles. The number of carbonyl (C=O) groups is 1. The smallest absolute Gasteiger partial charge is 0.257 e. The summed E-state index contributed by atoms with van der Waals surface area (Å²) in [7, 11) is 0. The second-order valence-electron chi connectivity index (χ2n) is 7.29. The fraction of sp³-hybridized carbons (Fsp3) is 0.273. The third kappa shape index (κ3) is 4.75. The number of benzene rings is 2. The molecule has 0 spiro atoms. The number of nitrogens with two attached hydrogens (primary N) is 1. The molecule has 2 aromatic rings. The van der Waals surface area contributed by atoms with Crippen LogP contribution in [0.5, 0.6) is 0 Å². The molecule has 5 nitrogen and oxygen atoms in total. The highest BCUT2D eigenvalue weighted by Crippen LogP contribution is 2.37. The van der Waals surface area contributed by atoms with Gasteiger partial charge in [0.15, 0.2) is 0 Å². The van der Waals surface area contributed by atoms with Crippen molar-refractivity contribution in [1.82, 2.24) is 4.90 Å². The van der Waals surface area contributed by atoms with Crippen LogP contribution in [-0.4, -0.2) is 36.2 Å². The van der Waals surface area contributed by atoms with Crippen molar-refractivity contribution in [2.75, 3.05) is 24.5 Å². The first kappa shape index (κ1) is 22.5. The van der Waals surface area contributed by atoms with Gasteiger partial charge < -0.3 is 20.9 Å². The summed E-state index contributed by atoms with van der Waals surface area (Å²) in [5, 5.41) is 9.71. The molecule has 0 aromatic heterocycles. The first-order chi connectivity index (χ1) is 14.2. The van der Waals surface area contributed by atoms with Crippen LogP contribution in [0.2, 0.25) is 15.1 Å². The van der Waals surface area contributed by atoms with E-state index in [1.165, 1.54) is 0 Å². The van der Waals surface area contributed by atoms with Crippen molar-refractivity contribution in [1.29, 1.82) is 5.41 Å². The van der Waals surface area contributed by atoms with Crippen LogP contribution >= 0.6 is 34.8 Å². The SMILES string of the molecule is CC(=N)C(C(=O)N1CCN(c2ccc(Cl)cc2Cl)C(c2ccc(Cl)cc2)C1)=C(C)N. The minimum atomic E-state index is -0.233. The predicted octanol–water partition coefficient (Wildman–Crippen LogP) is 5.31. The van der Waals surface area contributed by atoms with E-state index >= 15 is 0 Å². The van der Waals surface area contributed by atoms with Crippen molar-refractivity contribution in [3.8, 4) is 0 Å². The van der Waals surface area contributed by atoms with Gasteiger partial charge in [-0.2, -0.15) is 0 Å². The minimum Gasteiger partial charge on any atom is -0.402 e. The van der Waals surface area contributed by atoms with Gasteiger partial charge in [0.05, 0.1) is 22.3 Å². The number of rotatable bonds is 4. The van der Waals surface area contributed by atoms with Gasteiger partial charge in [-0.05, 0) is 49.7 Å². The summed E-state index contributed by atoms with van der Waals surface area (Å²) in [6.07, 6.45) is 0. The molecule has 1 amide bonds. The monoisotopic (exact) mass is 464 g/mol. The minimum absolute atomic E-state index is 0.149. The van der Waals surface area contributed by atoms with Crippen LogP contribution in [0, 0.1) is 5.41 Å². The van der Waals surface area contributed by atoms with Crippen molar-refractivity contribution in [2.45, 2.75) is 19.9 Å². The Bertz CT molecular complexity index is 1000. The van der Waals surface area contributed by atoms with Gasteiger partial charge in [-0.15, -0.1) is 0 Å². The number of carbonyl (C=O) groups excluding carboxylic acids is 1. The lowest BCUT2D eigenvalue weighted by molar-refractivity contribution is -0.127. The molecule has 3 N–H and O–H groups in total. The number of hydrogen-bond acceptors (Lipinski definition) is 4. The second-order valence-corrected chi connectivity index (χ2v) is 8.57. The molecular weight excluding hydrogens is 443 g/mol. The zero-order valence-electron chi connectivity index (χ0n) is 16.8. The lowest BCUT2D eigenvalue weighted by Gasteiger charge is -2.43. The molecule has 1 fully saturated rings. The van der Waals surface area contributed by atoms with Gasteiger partial charge >= 0.3 is 0 Å². The summed E-state index contributed by atoms with van der Waals surface area (Å²) in [4.78, 5) is 17.0. The highest BCUT2D eigenvalue weighted by atomic mass is 35.5. The molecular formula is C22H23Cl3N4O. The Hall–Kier alpha value is -2.21. The first-order valence-corrected chi connectivity index (χ1v) is 10.6. The lowest BCUT2D eigenvalue weighted by atomic mass is 9.99. The zero-order chi connectivity index (χ0) is 22.0. The van der Waals surface area contributed by atoms with Crippen LogP contribution < -0.4 is 10.6 Å². The Morgan fingerprint density at radius 1 is 1.03 bits per heavy atom. The van der Waals surface area contributed by atoms with Crippen molar-refractivity contribution in [3.63, 3.8) is 0 Å². The van der Waals surface area contributed by atoms with Crippen LogP contribution in [0.3, 0.4) is 0 Å². The average molecular weight is 466 g/mol. The lowest BCUT2D eigenvalue weighted by Crippen LogP contribution is -2.51. The standard InChI is InChI=1S/C22H23Cl3N4O/c1-13(26)21(14(2)27)22(30)28-9-10-29(19-8-7-17(24)11-18(19)25)20(12-28)15-3-5-16(23)6-4-15/h3-8,11,20,26H,9-10,12,27H2,1-2H3. The van der Waals surface area contributed by atoms with E-state index < -0.39 is 0 Å². The van der Waals surface area contributed by atoms with E-state index in [-0.39, 0.29) is 23.2 Å². The number of hydrogen-bond donors (Lipinski definition) is 2. The highest BCUT2D eigenvalue weighted by molar-refractivity contribution is 6.36. The predicted molar refractivity (Wildman–Crippen MR) is 125 cm³/mol. The number of nitrogens with one attached hydrogen (secondary N) is 1. The quantitative estimate of drug-likeness (QED) is 0.475. The molecule has 2 aromatic carbocycles. The van der Waals surface area contributed by atoms with Gasteiger partial charge in [-0.1, -0.05) is 46.9 Å². The zero-order valence-corrected chi connectivity index (χ0v) is 19.0. The maximum atomic E-state index is 13.1. The van der Waals surface area contributed by atoms with Crippen molar-refractivity contribution in [2.24, 2.45) is 5.73 Å². The van der Waals surface area contributed by atoms with Crippen molar-refractivity contribution in [3.05, 3.63) is 74.4 Å². The van der Waals surface area contributed by atoms with E-state index in [0.717, 1.165) is 11.3 Å². The Kier molecular flexibility index (Phi) is 6.96. The summed E-state index contributed by atoms with van der Waals surface area (Å²) in [5.74, 6) is -0.233. The highest BCUT2D eigenvalue weighted by Gasteiger charge is 2.33. The molecule has 1 atom stereocenters. The van der Waals surface area contributed by atoms with Gasteiger partial charge in [0.1, 0.15) is 0 Å². The summed E-state index contributed by atoms with van der Waals surface area (Å²) >= 11 is 18.7. The van der Waals surface area contributed by atoms with Crippen molar-refractivity contribution < 1.29 is 4.79 Å². The second kappa shape index (κ2) is 9.29. The first-order valence-electron chi connectivity index (χ1n) is 9.47. The van der Waals surface area contributed by atoms with Crippen LogP contribution in [0.15, 0.2) is 53.7 Å². The van der Waals surface area contributed by atoms with Crippen LogP contribution in [0.4, 0.5) is 5.69 Å². The molecule has 1 heterocycles. The molecule has 30 heavy (non-hydrogen) atoms. The molecule has 3 rings (SSSR count). The third-order valence-corrected chi connectivity index (χ3v) is 5.91. The molecule has 1 unspecified atom stereocenters. The van der Waals surface area contributed by atoms with Gasteiger partial charge in [-0.3, -0.25) is 4.79 Å². The fourth-order valence-corrected chi connectivity index (χ4v) is 4.37. The average Bonchev–Trinajstić information content (AvgIpc) is 2.68. The Morgan fingerprint density at radius 3 is 2.23 bits per heavy atom. The van der Waals surface area contributed by atoms with Gasteiger partial charge in [0, 0.05) is 41.1 Å². The van der Waals surface area contributed by atoms with Gasteiger partial charge in [-0.25, -0.2) is 0 Å². The fourth-order valence-electron chi connectivity index (χ4n) is 3.72. The Balaban J connectivity index is 1.99. The number of piperazine rings is 1. The topological polar surface area (TPSA) is 73.4 Å². The maximum Gasteiger partial charge on any atom is 0.257 e. The number of allylic oxidation sites excluding steroid dienone is 1. The van der Waals surface area contributed by atoms with Crippen LogP contribution in [-0.2, 0) is 4.79 Å². The summed E-state index contributed by atoms with van der Waals surface area (Å²) in [6, 6.07) is 12.8. The van der Waals surface area contributed by atoms with Gasteiger partial charge in [0.25, 0.3) is 5.91 Å². The molecule has 1 aliphatic rings. The van der Waals surface area contributed by atoms with Gasteiger partial charge in [0.2, 0.25) is 0 Å². The molecule has 0 bridgehead atoms. The molecule has 0 radical (unpaired) electrons. The molecule has 1 saturated heterocycles. The van der Waals surface area contributed by atoms with E-state index in [4.69, 9.17) is 45.9 Å². The number of anilines is 1. The normalized spacial score (nSPS) is 17.6. The molecule has 8 heteroatoms. The van der Waals surface area contributed by atoms with E-state index in [0.29, 0.717) is 40.4 Å².